The Bertz CT molecular complexity index is 1170. The molecule has 0 amide bonds. The number of rotatable bonds is 4. The number of hydrogen-bond acceptors (Lipinski definition) is 3. The Morgan fingerprint density at radius 2 is 1.76 bits per heavy atom. The van der Waals surface area contributed by atoms with E-state index in [0.29, 0.717) is 11.3 Å². The van der Waals surface area contributed by atoms with Gasteiger partial charge in [0.1, 0.15) is 12.3 Å². The smallest absolute Gasteiger partial charge is 0.384 e. The van der Waals surface area contributed by atoms with Crippen LogP contribution < -0.4 is 0 Å². The van der Waals surface area contributed by atoms with Gasteiger partial charge in [0.25, 0.3) is 0 Å². The van der Waals surface area contributed by atoms with Gasteiger partial charge < -0.3 is 9.67 Å². The summed E-state index contributed by atoms with van der Waals surface area (Å²) in [4.78, 5) is 7.10. The second-order valence-electron chi connectivity index (χ2n) is 9.40. The van der Waals surface area contributed by atoms with E-state index in [1.165, 1.54) is 12.1 Å². The fourth-order valence-electron chi connectivity index (χ4n) is 5.46. The fraction of sp³-hybridized carbons (Fsp3) is 0.480. The topological polar surface area (TPSA) is 41.3 Å². The maximum Gasteiger partial charge on any atom is 0.416 e. The summed E-state index contributed by atoms with van der Waals surface area (Å²) >= 11 is 0. The quantitative estimate of drug-likeness (QED) is 0.521. The van der Waals surface area contributed by atoms with Crippen LogP contribution in [0.3, 0.4) is 0 Å². The van der Waals surface area contributed by atoms with Crippen molar-refractivity contribution in [3.63, 3.8) is 0 Å². The van der Waals surface area contributed by atoms with E-state index < -0.39 is 24.0 Å². The number of hydrogen-bond donors (Lipinski definition) is 1. The van der Waals surface area contributed by atoms with Crippen molar-refractivity contribution in [2.24, 2.45) is 0 Å². The molecular formula is C25H27F4N3O. The van der Waals surface area contributed by atoms with E-state index in [0.717, 1.165) is 73.2 Å². The van der Waals surface area contributed by atoms with Gasteiger partial charge in [0, 0.05) is 30.3 Å². The van der Waals surface area contributed by atoms with Crippen molar-refractivity contribution in [2.45, 2.75) is 63.6 Å². The molecule has 0 spiro atoms. The van der Waals surface area contributed by atoms with Gasteiger partial charge in [-0.3, -0.25) is 4.90 Å². The molecule has 1 fully saturated rings. The molecule has 33 heavy (non-hydrogen) atoms. The van der Waals surface area contributed by atoms with Gasteiger partial charge in [-0.25, -0.2) is 9.37 Å². The zero-order chi connectivity index (χ0) is 23.4. The summed E-state index contributed by atoms with van der Waals surface area (Å²) in [6.45, 7) is 3.09. The standard InChI is InChI=1S/C25H27F4N3O/c1-24(33,16-5-7-17(8-6-16)25(27,28)29)15-32-20-11-13-31-12-3-2-4-19(31)22(20)23-21(32)10-9-18(14-26)30-23/h5-10,19,33H,2-4,11-15H2,1H3. The Labute approximate surface area is 189 Å². The molecule has 0 bridgehead atoms. The number of halogens is 4. The minimum Gasteiger partial charge on any atom is -0.384 e. The van der Waals surface area contributed by atoms with Gasteiger partial charge in [0.05, 0.1) is 28.8 Å². The van der Waals surface area contributed by atoms with Crippen molar-refractivity contribution < 1.29 is 22.7 Å². The Kier molecular flexibility index (Phi) is 5.48. The third-order valence-electron chi connectivity index (χ3n) is 7.13. The van der Waals surface area contributed by atoms with Crippen molar-refractivity contribution in [3.05, 3.63) is 64.5 Å². The van der Waals surface area contributed by atoms with E-state index in [4.69, 9.17) is 0 Å². The summed E-state index contributed by atoms with van der Waals surface area (Å²) in [5.41, 5.74) is 2.47. The average Bonchev–Trinajstić information content (AvgIpc) is 3.11. The SMILES string of the molecule is CC(O)(Cn1c2c(c3nc(CF)ccc31)C1CCCCN1CC2)c1ccc(C(F)(F)F)cc1. The van der Waals surface area contributed by atoms with Crippen molar-refractivity contribution >= 4 is 11.0 Å². The lowest BCUT2D eigenvalue weighted by Gasteiger charge is -2.40. The van der Waals surface area contributed by atoms with E-state index in [9.17, 15) is 22.7 Å². The molecule has 1 N–H and O–H groups in total. The molecule has 2 aliphatic rings. The van der Waals surface area contributed by atoms with Crippen LogP contribution in [0, 0.1) is 0 Å². The van der Waals surface area contributed by atoms with Gasteiger partial charge in [-0.05, 0) is 56.1 Å². The molecule has 0 saturated carbocycles. The second kappa shape index (κ2) is 8.09. The molecule has 2 atom stereocenters. The van der Waals surface area contributed by atoms with Gasteiger partial charge in [-0.1, -0.05) is 18.6 Å². The first-order valence-electron chi connectivity index (χ1n) is 11.4. The monoisotopic (exact) mass is 461 g/mol. The molecule has 5 rings (SSSR count). The number of fused-ring (bicyclic) bond motifs is 5. The van der Waals surface area contributed by atoms with E-state index >= 15 is 0 Å². The van der Waals surface area contributed by atoms with E-state index in [1.54, 1.807) is 13.0 Å². The minimum absolute atomic E-state index is 0.174. The predicted molar refractivity (Wildman–Crippen MR) is 117 cm³/mol. The molecule has 3 aromatic rings. The van der Waals surface area contributed by atoms with Crippen LogP contribution in [0.25, 0.3) is 11.0 Å². The largest absolute Gasteiger partial charge is 0.416 e. The summed E-state index contributed by atoms with van der Waals surface area (Å²) in [7, 11) is 0. The van der Waals surface area contributed by atoms with Crippen LogP contribution in [0.5, 0.6) is 0 Å². The van der Waals surface area contributed by atoms with Crippen LogP contribution in [0.4, 0.5) is 17.6 Å². The van der Waals surface area contributed by atoms with Gasteiger partial charge in [0.2, 0.25) is 0 Å². The molecule has 2 unspecified atom stereocenters. The van der Waals surface area contributed by atoms with Gasteiger partial charge in [-0.2, -0.15) is 13.2 Å². The van der Waals surface area contributed by atoms with E-state index in [-0.39, 0.29) is 12.6 Å². The first-order chi connectivity index (χ1) is 15.7. The van der Waals surface area contributed by atoms with Crippen LogP contribution in [-0.2, 0) is 31.4 Å². The number of benzene rings is 1. The highest BCUT2D eigenvalue weighted by Gasteiger charge is 2.37. The zero-order valence-corrected chi connectivity index (χ0v) is 18.5. The van der Waals surface area contributed by atoms with E-state index in [2.05, 4.69) is 9.88 Å². The molecule has 2 aliphatic heterocycles. The third kappa shape index (κ3) is 3.93. The van der Waals surface area contributed by atoms with Gasteiger partial charge in [-0.15, -0.1) is 0 Å². The molecule has 2 aromatic heterocycles. The molecule has 4 nitrogen and oxygen atoms in total. The van der Waals surface area contributed by atoms with Crippen LogP contribution in [0.2, 0.25) is 0 Å². The van der Waals surface area contributed by atoms with Crippen molar-refractivity contribution in [2.75, 3.05) is 13.1 Å². The summed E-state index contributed by atoms with van der Waals surface area (Å²) in [6, 6.07) is 8.42. The van der Waals surface area contributed by atoms with Crippen LogP contribution in [0.15, 0.2) is 36.4 Å². The Morgan fingerprint density at radius 1 is 1.03 bits per heavy atom. The number of nitrogens with zero attached hydrogens (tertiary/aromatic N) is 3. The number of aromatic nitrogens is 2. The normalized spacial score (nSPS) is 21.0. The summed E-state index contributed by atoms with van der Waals surface area (Å²) in [5.74, 6) is 0. The Balaban J connectivity index is 1.58. The average molecular weight is 462 g/mol. The second-order valence-corrected chi connectivity index (χ2v) is 9.40. The van der Waals surface area contributed by atoms with Crippen LogP contribution >= 0.6 is 0 Å². The molecular weight excluding hydrogens is 434 g/mol. The highest BCUT2D eigenvalue weighted by molar-refractivity contribution is 5.83. The highest BCUT2D eigenvalue weighted by atomic mass is 19.4. The molecule has 0 aliphatic carbocycles. The van der Waals surface area contributed by atoms with E-state index in [1.807, 2.05) is 10.6 Å². The lowest BCUT2D eigenvalue weighted by molar-refractivity contribution is -0.137. The Morgan fingerprint density at radius 3 is 2.45 bits per heavy atom. The Hall–Kier alpha value is -2.45. The fourth-order valence-corrected chi connectivity index (χ4v) is 5.46. The number of aliphatic hydroxyl groups is 1. The predicted octanol–water partition coefficient (Wildman–Crippen LogP) is 5.52. The summed E-state index contributed by atoms with van der Waals surface area (Å²) in [6.07, 6.45) is -0.333. The maximum absolute atomic E-state index is 13.4. The van der Waals surface area contributed by atoms with Crippen LogP contribution in [0.1, 0.15) is 60.3 Å². The molecule has 4 heterocycles. The molecule has 8 heteroatoms. The van der Waals surface area contributed by atoms with Crippen LogP contribution in [-0.4, -0.2) is 32.6 Å². The van der Waals surface area contributed by atoms with Crippen molar-refractivity contribution in [1.82, 2.24) is 14.5 Å². The van der Waals surface area contributed by atoms with Crippen molar-refractivity contribution in [3.8, 4) is 0 Å². The third-order valence-corrected chi connectivity index (χ3v) is 7.13. The molecule has 176 valence electrons. The maximum atomic E-state index is 13.4. The highest BCUT2D eigenvalue weighted by Crippen LogP contribution is 2.42. The minimum atomic E-state index is -4.42. The lowest BCUT2D eigenvalue weighted by Crippen LogP contribution is -2.39. The molecule has 0 radical (unpaired) electrons. The number of piperidine rings is 1. The summed E-state index contributed by atoms with van der Waals surface area (Å²) < 4.78 is 54.4. The number of pyridine rings is 1. The first kappa shape index (κ1) is 22.3. The zero-order valence-electron chi connectivity index (χ0n) is 18.5. The first-order valence-corrected chi connectivity index (χ1v) is 11.4. The lowest BCUT2D eigenvalue weighted by atomic mass is 9.90. The molecule has 1 saturated heterocycles. The summed E-state index contributed by atoms with van der Waals surface area (Å²) in [5, 5.41) is 11.4. The van der Waals surface area contributed by atoms with Gasteiger partial charge in [0.15, 0.2) is 0 Å². The van der Waals surface area contributed by atoms with Crippen molar-refractivity contribution in [1.29, 1.82) is 0 Å². The van der Waals surface area contributed by atoms with Gasteiger partial charge >= 0.3 is 6.18 Å². The molecule has 1 aromatic carbocycles. The number of alkyl halides is 4.